The Hall–Kier alpha value is -1.06. The Labute approximate surface area is 90.9 Å². The standard InChI is InChI=1S/C12H19NO2/c1-8(2)15-11-6-4-10(5-7-11)12(13)9(3)14/h4-9,12,14H,13H2,1-3H3/t9-,12-/m0/s1. The summed E-state index contributed by atoms with van der Waals surface area (Å²) in [6.07, 6.45) is -0.372. The molecule has 3 N–H and O–H groups in total. The zero-order valence-electron chi connectivity index (χ0n) is 9.47. The molecule has 0 unspecified atom stereocenters. The Morgan fingerprint density at radius 2 is 1.67 bits per heavy atom. The van der Waals surface area contributed by atoms with Crippen LogP contribution in [0.1, 0.15) is 32.4 Å². The summed E-state index contributed by atoms with van der Waals surface area (Å²) in [5, 5.41) is 9.33. The van der Waals surface area contributed by atoms with Gasteiger partial charge in [0.25, 0.3) is 0 Å². The first kappa shape index (κ1) is 12.0. The molecule has 0 aliphatic carbocycles. The van der Waals surface area contributed by atoms with Crippen molar-refractivity contribution >= 4 is 0 Å². The van der Waals surface area contributed by atoms with Crippen LogP contribution in [0.2, 0.25) is 0 Å². The predicted octanol–water partition coefficient (Wildman–Crippen LogP) is 1.85. The van der Waals surface area contributed by atoms with Crippen LogP contribution in [-0.4, -0.2) is 17.3 Å². The molecule has 0 amide bonds. The quantitative estimate of drug-likeness (QED) is 0.795. The van der Waals surface area contributed by atoms with Crippen LogP contribution >= 0.6 is 0 Å². The van der Waals surface area contributed by atoms with E-state index < -0.39 is 6.10 Å². The van der Waals surface area contributed by atoms with Crippen molar-refractivity contribution in [2.75, 3.05) is 0 Å². The minimum absolute atomic E-state index is 0.168. The summed E-state index contributed by atoms with van der Waals surface area (Å²) in [7, 11) is 0. The minimum Gasteiger partial charge on any atom is -0.491 e. The monoisotopic (exact) mass is 209 g/mol. The van der Waals surface area contributed by atoms with Crippen molar-refractivity contribution in [2.24, 2.45) is 5.73 Å². The number of hydrogen-bond donors (Lipinski definition) is 2. The molecule has 0 aliphatic rings. The smallest absolute Gasteiger partial charge is 0.119 e. The summed E-state index contributed by atoms with van der Waals surface area (Å²) in [6.45, 7) is 5.65. The highest BCUT2D eigenvalue weighted by atomic mass is 16.5. The van der Waals surface area contributed by atoms with E-state index in [-0.39, 0.29) is 12.1 Å². The Morgan fingerprint density at radius 1 is 1.13 bits per heavy atom. The average Bonchev–Trinajstić information content (AvgIpc) is 2.17. The molecule has 3 nitrogen and oxygen atoms in total. The van der Waals surface area contributed by atoms with E-state index in [1.165, 1.54) is 0 Å². The first-order chi connectivity index (χ1) is 7.00. The molecule has 0 aliphatic heterocycles. The lowest BCUT2D eigenvalue weighted by molar-refractivity contribution is 0.164. The third-order valence-electron chi connectivity index (χ3n) is 2.16. The second-order valence-electron chi connectivity index (χ2n) is 4.00. The van der Waals surface area contributed by atoms with Gasteiger partial charge in [0.15, 0.2) is 0 Å². The Morgan fingerprint density at radius 3 is 2.07 bits per heavy atom. The molecular formula is C12H19NO2. The molecule has 0 saturated carbocycles. The van der Waals surface area contributed by atoms with Crippen molar-refractivity contribution < 1.29 is 9.84 Å². The Kier molecular flexibility index (Phi) is 4.12. The topological polar surface area (TPSA) is 55.5 Å². The number of ether oxygens (including phenoxy) is 1. The first-order valence-corrected chi connectivity index (χ1v) is 5.21. The number of rotatable bonds is 4. The molecule has 15 heavy (non-hydrogen) atoms. The third kappa shape index (κ3) is 3.53. The summed E-state index contributed by atoms with van der Waals surface area (Å²) in [6, 6.07) is 7.18. The van der Waals surface area contributed by atoms with Crippen LogP contribution in [-0.2, 0) is 0 Å². The van der Waals surface area contributed by atoms with Gasteiger partial charge in [0, 0.05) is 0 Å². The maximum Gasteiger partial charge on any atom is 0.119 e. The summed E-state index contributed by atoms with van der Waals surface area (Å²) >= 11 is 0. The second-order valence-corrected chi connectivity index (χ2v) is 4.00. The first-order valence-electron chi connectivity index (χ1n) is 5.21. The van der Waals surface area contributed by atoms with Crippen LogP contribution < -0.4 is 10.5 Å². The van der Waals surface area contributed by atoms with Crippen molar-refractivity contribution in [2.45, 2.75) is 39.0 Å². The van der Waals surface area contributed by atoms with E-state index in [0.29, 0.717) is 0 Å². The molecule has 1 aromatic rings. The summed E-state index contributed by atoms with van der Waals surface area (Å²) < 4.78 is 5.51. The number of hydrogen-bond acceptors (Lipinski definition) is 3. The van der Waals surface area contributed by atoms with Gasteiger partial charge in [-0.3, -0.25) is 0 Å². The molecule has 0 saturated heterocycles. The number of aliphatic hydroxyl groups is 1. The normalized spacial score (nSPS) is 15.1. The average molecular weight is 209 g/mol. The van der Waals surface area contributed by atoms with Gasteiger partial charge in [0.05, 0.1) is 18.2 Å². The highest BCUT2D eigenvalue weighted by Gasteiger charge is 2.11. The maximum atomic E-state index is 9.33. The molecule has 0 fully saturated rings. The summed E-state index contributed by atoms with van der Waals surface area (Å²) in [5.41, 5.74) is 6.72. The van der Waals surface area contributed by atoms with Gasteiger partial charge in [-0.2, -0.15) is 0 Å². The molecule has 0 heterocycles. The van der Waals surface area contributed by atoms with E-state index in [1.807, 2.05) is 38.1 Å². The predicted molar refractivity (Wildman–Crippen MR) is 60.8 cm³/mol. The highest BCUT2D eigenvalue weighted by molar-refractivity contribution is 5.29. The molecule has 0 radical (unpaired) electrons. The fourth-order valence-corrected chi connectivity index (χ4v) is 1.32. The van der Waals surface area contributed by atoms with Crippen LogP contribution in [0.4, 0.5) is 0 Å². The number of aliphatic hydroxyl groups excluding tert-OH is 1. The SMILES string of the molecule is CC(C)Oc1ccc([C@@H](N)[C@H](C)O)cc1. The lowest BCUT2D eigenvalue weighted by Crippen LogP contribution is -2.23. The van der Waals surface area contributed by atoms with Gasteiger partial charge in [-0.05, 0) is 38.5 Å². The Bertz CT molecular complexity index is 293. The van der Waals surface area contributed by atoms with Crippen LogP contribution in [0.25, 0.3) is 0 Å². The zero-order chi connectivity index (χ0) is 11.4. The van der Waals surface area contributed by atoms with Crippen LogP contribution in [0.5, 0.6) is 5.75 Å². The van der Waals surface area contributed by atoms with Crippen molar-refractivity contribution in [1.29, 1.82) is 0 Å². The molecule has 84 valence electrons. The van der Waals surface area contributed by atoms with Crippen molar-refractivity contribution in [3.05, 3.63) is 29.8 Å². The maximum absolute atomic E-state index is 9.33. The van der Waals surface area contributed by atoms with E-state index in [1.54, 1.807) is 6.92 Å². The summed E-state index contributed by atoms with van der Waals surface area (Å²) in [4.78, 5) is 0. The van der Waals surface area contributed by atoms with Gasteiger partial charge in [-0.25, -0.2) is 0 Å². The molecule has 1 aromatic carbocycles. The number of benzene rings is 1. The highest BCUT2D eigenvalue weighted by Crippen LogP contribution is 2.19. The van der Waals surface area contributed by atoms with Crippen molar-refractivity contribution in [3.8, 4) is 5.75 Å². The van der Waals surface area contributed by atoms with Crippen LogP contribution in [0.3, 0.4) is 0 Å². The molecule has 0 spiro atoms. The van der Waals surface area contributed by atoms with Gasteiger partial charge in [-0.15, -0.1) is 0 Å². The molecule has 0 aromatic heterocycles. The van der Waals surface area contributed by atoms with Gasteiger partial charge in [-0.1, -0.05) is 12.1 Å². The van der Waals surface area contributed by atoms with E-state index in [2.05, 4.69) is 0 Å². The van der Waals surface area contributed by atoms with Crippen LogP contribution in [0.15, 0.2) is 24.3 Å². The Balaban J connectivity index is 2.72. The van der Waals surface area contributed by atoms with E-state index in [9.17, 15) is 5.11 Å². The third-order valence-corrected chi connectivity index (χ3v) is 2.16. The molecular weight excluding hydrogens is 190 g/mol. The zero-order valence-corrected chi connectivity index (χ0v) is 9.47. The summed E-state index contributed by atoms with van der Waals surface area (Å²) in [5.74, 6) is 0.826. The van der Waals surface area contributed by atoms with Gasteiger partial charge in [0.1, 0.15) is 5.75 Å². The minimum atomic E-state index is -0.540. The van der Waals surface area contributed by atoms with Gasteiger partial charge < -0.3 is 15.6 Å². The lowest BCUT2D eigenvalue weighted by Gasteiger charge is -2.16. The molecule has 2 atom stereocenters. The van der Waals surface area contributed by atoms with Crippen molar-refractivity contribution in [1.82, 2.24) is 0 Å². The van der Waals surface area contributed by atoms with E-state index >= 15 is 0 Å². The van der Waals surface area contributed by atoms with E-state index in [0.717, 1.165) is 11.3 Å². The van der Waals surface area contributed by atoms with Gasteiger partial charge >= 0.3 is 0 Å². The van der Waals surface area contributed by atoms with Gasteiger partial charge in [0.2, 0.25) is 0 Å². The fraction of sp³-hybridized carbons (Fsp3) is 0.500. The van der Waals surface area contributed by atoms with Crippen LogP contribution in [0, 0.1) is 0 Å². The molecule has 3 heteroatoms. The lowest BCUT2D eigenvalue weighted by atomic mass is 10.0. The second kappa shape index (κ2) is 5.14. The van der Waals surface area contributed by atoms with E-state index in [4.69, 9.17) is 10.5 Å². The molecule has 1 rings (SSSR count). The molecule has 0 bridgehead atoms. The number of nitrogens with two attached hydrogens (primary N) is 1. The largest absolute Gasteiger partial charge is 0.491 e. The van der Waals surface area contributed by atoms with Crippen molar-refractivity contribution in [3.63, 3.8) is 0 Å². The fourth-order valence-electron chi connectivity index (χ4n) is 1.32.